The molecule has 0 N–H and O–H groups in total. The van der Waals surface area contributed by atoms with Gasteiger partial charge in [0.05, 0.1) is 12.7 Å². The summed E-state index contributed by atoms with van der Waals surface area (Å²) in [6, 6.07) is 21.5. The summed E-state index contributed by atoms with van der Waals surface area (Å²) in [5.41, 5.74) is 0.0523. The smallest absolute Gasteiger partial charge is 0.261 e. The van der Waals surface area contributed by atoms with E-state index in [1.807, 2.05) is 13.8 Å². The summed E-state index contributed by atoms with van der Waals surface area (Å²) < 4.78 is 26.5. The fraction of sp³-hybridized carbons (Fsp3) is 0.556. The zero-order chi connectivity index (χ0) is 23.9. The molecule has 0 aromatic heterocycles. The summed E-state index contributed by atoms with van der Waals surface area (Å²) in [6.45, 7) is 13.6. The quantitative estimate of drug-likeness (QED) is 0.548. The maximum atomic E-state index is 7.18. The Hall–Kier alpha value is -1.15. The zero-order valence-corrected chi connectivity index (χ0v) is 22.7. The number of ether oxygens (including phenoxy) is 3. The molecule has 33 heavy (non-hydrogen) atoms. The number of benzene rings is 2. The third-order valence-corrected chi connectivity index (χ3v) is 12.9. The highest BCUT2D eigenvalue weighted by molar-refractivity contribution is 7.99. The lowest BCUT2D eigenvalue weighted by Gasteiger charge is -2.46. The van der Waals surface area contributed by atoms with Gasteiger partial charge >= 0.3 is 0 Å². The van der Waals surface area contributed by atoms with Crippen LogP contribution in [0.25, 0.3) is 0 Å². The molecule has 0 bridgehead atoms. The average Bonchev–Trinajstić information content (AvgIpc) is 3.12. The van der Waals surface area contributed by atoms with Crippen molar-refractivity contribution in [1.29, 1.82) is 0 Å². The minimum atomic E-state index is -2.65. The number of thioether (sulfide) groups is 1. The molecule has 2 aromatic rings. The molecular formula is C27H38O4SSi. The number of rotatable bonds is 6. The van der Waals surface area contributed by atoms with Crippen LogP contribution in [0.15, 0.2) is 60.7 Å². The Morgan fingerprint density at radius 3 is 1.91 bits per heavy atom. The lowest BCUT2D eigenvalue weighted by molar-refractivity contribution is -0.158. The van der Waals surface area contributed by atoms with Gasteiger partial charge in [-0.3, -0.25) is 0 Å². The van der Waals surface area contributed by atoms with Crippen molar-refractivity contribution >= 4 is 30.5 Å². The Bertz CT molecular complexity index is 875. The second-order valence-electron chi connectivity index (χ2n) is 10.7. The molecule has 4 nitrogen and oxygen atoms in total. The van der Waals surface area contributed by atoms with Crippen molar-refractivity contribution < 1.29 is 18.6 Å². The molecule has 0 saturated carbocycles. The van der Waals surface area contributed by atoms with Crippen molar-refractivity contribution in [3.8, 4) is 0 Å². The Balaban J connectivity index is 1.71. The predicted molar refractivity (Wildman–Crippen MR) is 139 cm³/mol. The molecule has 180 valence electrons. The number of fused-ring (bicyclic) bond motifs is 1. The summed E-state index contributed by atoms with van der Waals surface area (Å²) in [7, 11) is -2.65. The molecule has 2 saturated heterocycles. The molecule has 6 heteroatoms. The van der Waals surface area contributed by atoms with E-state index in [9.17, 15) is 0 Å². The molecule has 2 aromatic carbocycles. The van der Waals surface area contributed by atoms with Crippen LogP contribution in [-0.4, -0.2) is 50.7 Å². The highest BCUT2D eigenvalue weighted by Gasteiger charge is 2.55. The lowest BCUT2D eigenvalue weighted by Crippen LogP contribution is -2.67. The summed E-state index contributed by atoms with van der Waals surface area (Å²) in [5, 5.41) is 2.46. The fourth-order valence-electron chi connectivity index (χ4n) is 5.41. The van der Waals surface area contributed by atoms with Gasteiger partial charge in [-0.15, -0.1) is 11.8 Å². The van der Waals surface area contributed by atoms with Crippen molar-refractivity contribution in [2.24, 2.45) is 5.92 Å². The van der Waals surface area contributed by atoms with E-state index in [2.05, 4.69) is 94.6 Å². The third kappa shape index (κ3) is 4.71. The summed E-state index contributed by atoms with van der Waals surface area (Å²) >= 11 is 1.74. The van der Waals surface area contributed by atoms with Crippen LogP contribution < -0.4 is 10.4 Å². The van der Waals surface area contributed by atoms with Gasteiger partial charge in [0.25, 0.3) is 8.32 Å². The van der Waals surface area contributed by atoms with Crippen LogP contribution >= 0.6 is 11.8 Å². The maximum absolute atomic E-state index is 7.18. The molecule has 2 aliphatic heterocycles. The standard InChI is InChI=1S/C27H38O4SSi/c1-19-23-24(31-27(5,6)30-23)22(29-25(19)32-7)18-28-33(26(2,3)4,20-14-10-8-11-15-20)21-16-12-9-13-17-21/h8-17,19,22-25H,18H2,1-7H3/t19-,22?,23-,24+,25?/m1/s1. The van der Waals surface area contributed by atoms with E-state index in [-0.39, 0.29) is 34.7 Å². The molecular weight excluding hydrogens is 448 g/mol. The van der Waals surface area contributed by atoms with Gasteiger partial charge in [0, 0.05) is 5.92 Å². The van der Waals surface area contributed by atoms with Gasteiger partial charge < -0.3 is 18.6 Å². The van der Waals surface area contributed by atoms with Gasteiger partial charge in [-0.2, -0.15) is 0 Å². The van der Waals surface area contributed by atoms with Gasteiger partial charge in [0.2, 0.25) is 0 Å². The van der Waals surface area contributed by atoms with Gasteiger partial charge in [-0.25, -0.2) is 0 Å². The first kappa shape index (κ1) is 25.0. The monoisotopic (exact) mass is 486 g/mol. The number of hydrogen-bond acceptors (Lipinski definition) is 5. The molecule has 2 fully saturated rings. The second kappa shape index (κ2) is 9.48. The largest absolute Gasteiger partial charge is 0.405 e. The van der Waals surface area contributed by atoms with E-state index in [1.165, 1.54) is 10.4 Å². The predicted octanol–water partition coefficient (Wildman–Crippen LogP) is 4.81. The minimum absolute atomic E-state index is 0.000969. The molecule has 2 unspecified atom stereocenters. The molecule has 0 radical (unpaired) electrons. The summed E-state index contributed by atoms with van der Waals surface area (Å²) in [5.74, 6) is -0.369. The molecule has 0 spiro atoms. The molecule has 4 rings (SSSR count). The Morgan fingerprint density at radius 1 is 0.909 bits per heavy atom. The van der Waals surface area contributed by atoms with Crippen LogP contribution in [0, 0.1) is 5.92 Å². The summed E-state index contributed by atoms with van der Waals surface area (Å²) in [4.78, 5) is 0. The first-order chi connectivity index (χ1) is 15.6. The topological polar surface area (TPSA) is 36.9 Å². The third-order valence-electron chi connectivity index (χ3n) is 6.90. The van der Waals surface area contributed by atoms with Crippen molar-refractivity contribution in [1.82, 2.24) is 0 Å². The molecule has 5 atom stereocenters. The van der Waals surface area contributed by atoms with Crippen LogP contribution in [0.3, 0.4) is 0 Å². The molecule has 0 aliphatic carbocycles. The number of hydrogen-bond donors (Lipinski definition) is 0. The first-order valence-corrected chi connectivity index (χ1v) is 15.1. The van der Waals surface area contributed by atoms with Gasteiger partial charge in [0.1, 0.15) is 17.6 Å². The molecule has 2 aliphatic rings. The molecule has 2 heterocycles. The summed E-state index contributed by atoms with van der Waals surface area (Å²) in [6.07, 6.45) is 1.77. The average molecular weight is 487 g/mol. The van der Waals surface area contributed by atoms with Crippen molar-refractivity contribution in [2.45, 2.75) is 76.1 Å². The van der Waals surface area contributed by atoms with Gasteiger partial charge in [-0.1, -0.05) is 88.4 Å². The lowest BCUT2D eigenvalue weighted by atomic mass is 9.94. The van der Waals surface area contributed by atoms with Crippen LogP contribution in [0.2, 0.25) is 5.04 Å². The van der Waals surface area contributed by atoms with E-state index in [0.29, 0.717) is 6.61 Å². The Kier molecular flexibility index (Phi) is 7.17. The normalized spacial score (nSPS) is 29.6. The van der Waals surface area contributed by atoms with E-state index in [0.717, 1.165) is 0 Å². The van der Waals surface area contributed by atoms with E-state index in [4.69, 9.17) is 18.6 Å². The van der Waals surface area contributed by atoms with Crippen LogP contribution in [0.1, 0.15) is 41.5 Å². The highest BCUT2D eigenvalue weighted by atomic mass is 32.2. The van der Waals surface area contributed by atoms with Crippen LogP contribution in [0.4, 0.5) is 0 Å². The maximum Gasteiger partial charge on any atom is 0.261 e. The Morgan fingerprint density at radius 2 is 1.42 bits per heavy atom. The molecule has 0 amide bonds. The zero-order valence-electron chi connectivity index (χ0n) is 20.9. The highest BCUT2D eigenvalue weighted by Crippen LogP contribution is 2.43. The van der Waals surface area contributed by atoms with Crippen molar-refractivity contribution in [2.75, 3.05) is 12.9 Å². The van der Waals surface area contributed by atoms with Gasteiger partial charge in [-0.05, 0) is 35.5 Å². The van der Waals surface area contributed by atoms with E-state index >= 15 is 0 Å². The van der Waals surface area contributed by atoms with Crippen LogP contribution in [0.5, 0.6) is 0 Å². The van der Waals surface area contributed by atoms with E-state index in [1.54, 1.807) is 11.8 Å². The fourth-order valence-corrected chi connectivity index (χ4v) is 10.8. The Labute approximate surface area is 204 Å². The van der Waals surface area contributed by atoms with Crippen molar-refractivity contribution in [3.05, 3.63) is 60.7 Å². The SMILES string of the molecule is CSC1OC(CO[Si](c2ccccc2)(c2ccccc2)C(C)(C)C)[C@@H]2OC(C)(C)O[C@@H]2[C@H]1C. The first-order valence-electron chi connectivity index (χ1n) is 11.9. The van der Waals surface area contributed by atoms with Crippen molar-refractivity contribution in [3.63, 3.8) is 0 Å². The second-order valence-corrected chi connectivity index (χ2v) is 15.9. The van der Waals surface area contributed by atoms with Gasteiger partial charge in [0.15, 0.2) is 5.79 Å². The minimum Gasteiger partial charge on any atom is -0.405 e. The van der Waals surface area contributed by atoms with E-state index < -0.39 is 14.1 Å². The van der Waals surface area contributed by atoms with Crippen LogP contribution in [-0.2, 0) is 18.6 Å².